The molecule has 0 radical (unpaired) electrons. The summed E-state index contributed by atoms with van der Waals surface area (Å²) in [6, 6.07) is 17.2. The first kappa shape index (κ1) is 14.6. The van der Waals surface area contributed by atoms with E-state index in [1.807, 2.05) is 12.1 Å². The van der Waals surface area contributed by atoms with E-state index in [9.17, 15) is 0 Å². The van der Waals surface area contributed by atoms with Crippen molar-refractivity contribution in [1.29, 1.82) is 0 Å². The molecule has 0 fully saturated rings. The van der Waals surface area contributed by atoms with E-state index in [2.05, 4.69) is 48.6 Å². The van der Waals surface area contributed by atoms with Crippen molar-refractivity contribution in [1.82, 2.24) is 5.32 Å². The van der Waals surface area contributed by atoms with E-state index in [1.54, 1.807) is 0 Å². The van der Waals surface area contributed by atoms with Crippen LogP contribution in [0.1, 0.15) is 42.1 Å². The first-order valence-corrected chi connectivity index (χ1v) is 7.82. The molecule has 3 heteroatoms. The van der Waals surface area contributed by atoms with Crippen LogP contribution in [0.5, 0.6) is 0 Å². The molecule has 0 spiro atoms. The van der Waals surface area contributed by atoms with Crippen LogP contribution in [0.3, 0.4) is 0 Å². The molecule has 1 aliphatic heterocycles. The zero-order chi connectivity index (χ0) is 14.7. The minimum absolute atomic E-state index is 0.246. The number of benzene rings is 2. The predicted octanol–water partition coefficient (Wildman–Crippen LogP) is 4.65. The molecule has 0 saturated heterocycles. The first-order chi connectivity index (χ1) is 10.3. The van der Waals surface area contributed by atoms with Gasteiger partial charge in [0.2, 0.25) is 0 Å². The molecule has 0 aromatic heterocycles. The third kappa shape index (κ3) is 3.29. The Balaban J connectivity index is 1.80. The molecule has 2 atom stereocenters. The van der Waals surface area contributed by atoms with Crippen LogP contribution in [0, 0.1) is 0 Å². The average Bonchev–Trinajstić information content (AvgIpc) is 2.54. The standard InChI is InChI=1S/C18H20ClNO/c1-2-17(13-7-9-15(19)10-8-13)20-18-12-21-11-14-5-3-4-6-16(14)18/h3-10,17-18,20H,2,11-12H2,1H3. The van der Waals surface area contributed by atoms with Gasteiger partial charge in [0.1, 0.15) is 0 Å². The van der Waals surface area contributed by atoms with Crippen LogP contribution in [0.25, 0.3) is 0 Å². The number of halogens is 1. The molecule has 110 valence electrons. The Labute approximate surface area is 131 Å². The molecule has 0 saturated carbocycles. The van der Waals surface area contributed by atoms with Crippen LogP contribution in [0.15, 0.2) is 48.5 Å². The van der Waals surface area contributed by atoms with Crippen LogP contribution in [-0.4, -0.2) is 6.61 Å². The number of rotatable bonds is 4. The molecular weight excluding hydrogens is 282 g/mol. The molecule has 0 amide bonds. The maximum Gasteiger partial charge on any atom is 0.0721 e. The molecule has 1 aliphatic rings. The van der Waals surface area contributed by atoms with Crippen molar-refractivity contribution in [2.75, 3.05) is 6.61 Å². The highest BCUT2D eigenvalue weighted by molar-refractivity contribution is 6.30. The molecule has 3 rings (SSSR count). The predicted molar refractivity (Wildman–Crippen MR) is 86.5 cm³/mol. The van der Waals surface area contributed by atoms with Gasteiger partial charge in [-0.25, -0.2) is 0 Å². The zero-order valence-electron chi connectivity index (χ0n) is 12.2. The van der Waals surface area contributed by atoms with Gasteiger partial charge in [0.15, 0.2) is 0 Å². The minimum Gasteiger partial charge on any atom is -0.375 e. The second-order valence-corrected chi connectivity index (χ2v) is 5.88. The summed E-state index contributed by atoms with van der Waals surface area (Å²) in [5, 5.41) is 4.51. The van der Waals surface area contributed by atoms with E-state index < -0.39 is 0 Å². The largest absolute Gasteiger partial charge is 0.375 e. The van der Waals surface area contributed by atoms with Crippen LogP contribution in [-0.2, 0) is 11.3 Å². The number of fused-ring (bicyclic) bond motifs is 1. The minimum atomic E-state index is 0.246. The maximum absolute atomic E-state index is 5.98. The molecule has 2 nitrogen and oxygen atoms in total. The Bertz CT molecular complexity index is 596. The summed E-state index contributed by atoms with van der Waals surface area (Å²) in [4.78, 5) is 0. The van der Waals surface area contributed by atoms with Crippen molar-refractivity contribution < 1.29 is 4.74 Å². The summed E-state index contributed by atoms with van der Waals surface area (Å²) in [5.41, 5.74) is 3.91. The van der Waals surface area contributed by atoms with Crippen LogP contribution < -0.4 is 5.32 Å². The summed E-state index contributed by atoms with van der Waals surface area (Å²) >= 11 is 5.98. The fourth-order valence-electron chi connectivity index (χ4n) is 2.91. The van der Waals surface area contributed by atoms with Crippen molar-refractivity contribution in [3.05, 3.63) is 70.2 Å². The second kappa shape index (κ2) is 6.61. The smallest absolute Gasteiger partial charge is 0.0721 e. The van der Waals surface area contributed by atoms with Gasteiger partial charge < -0.3 is 10.1 Å². The molecule has 2 aromatic carbocycles. The van der Waals surface area contributed by atoms with Gasteiger partial charge in [0, 0.05) is 11.1 Å². The van der Waals surface area contributed by atoms with Gasteiger partial charge in [-0.2, -0.15) is 0 Å². The molecule has 0 bridgehead atoms. The Morgan fingerprint density at radius 2 is 1.95 bits per heavy atom. The van der Waals surface area contributed by atoms with Gasteiger partial charge in [-0.15, -0.1) is 0 Å². The van der Waals surface area contributed by atoms with Crippen molar-refractivity contribution >= 4 is 11.6 Å². The average molecular weight is 302 g/mol. The molecule has 2 aromatic rings. The van der Waals surface area contributed by atoms with Gasteiger partial charge >= 0.3 is 0 Å². The van der Waals surface area contributed by atoms with E-state index in [0.29, 0.717) is 12.6 Å². The summed E-state index contributed by atoms with van der Waals surface area (Å²) in [6.07, 6.45) is 1.03. The quantitative estimate of drug-likeness (QED) is 0.887. The third-order valence-corrected chi connectivity index (χ3v) is 4.31. The number of hydrogen-bond acceptors (Lipinski definition) is 2. The van der Waals surface area contributed by atoms with Gasteiger partial charge in [-0.1, -0.05) is 54.9 Å². The molecular formula is C18H20ClNO. The van der Waals surface area contributed by atoms with Crippen molar-refractivity contribution in [2.24, 2.45) is 0 Å². The Morgan fingerprint density at radius 3 is 2.71 bits per heavy atom. The lowest BCUT2D eigenvalue weighted by molar-refractivity contribution is 0.0781. The van der Waals surface area contributed by atoms with E-state index in [1.165, 1.54) is 16.7 Å². The van der Waals surface area contributed by atoms with Gasteiger partial charge in [0.05, 0.1) is 19.3 Å². The van der Waals surface area contributed by atoms with Crippen molar-refractivity contribution in [3.8, 4) is 0 Å². The topological polar surface area (TPSA) is 21.3 Å². The Kier molecular flexibility index (Phi) is 4.59. The van der Waals surface area contributed by atoms with E-state index >= 15 is 0 Å². The van der Waals surface area contributed by atoms with Gasteiger partial charge in [-0.05, 0) is 35.2 Å². The molecule has 1 N–H and O–H groups in total. The summed E-state index contributed by atoms with van der Waals surface area (Å²) < 4.78 is 5.73. The van der Waals surface area contributed by atoms with Crippen molar-refractivity contribution in [3.63, 3.8) is 0 Å². The van der Waals surface area contributed by atoms with Crippen LogP contribution in [0.4, 0.5) is 0 Å². The SMILES string of the molecule is CCC(NC1COCc2ccccc21)c1ccc(Cl)cc1. The van der Waals surface area contributed by atoms with Crippen molar-refractivity contribution in [2.45, 2.75) is 32.0 Å². The summed E-state index contributed by atoms with van der Waals surface area (Å²) in [7, 11) is 0. The summed E-state index contributed by atoms with van der Waals surface area (Å²) in [6.45, 7) is 3.63. The number of ether oxygens (including phenoxy) is 1. The molecule has 21 heavy (non-hydrogen) atoms. The molecule has 2 unspecified atom stereocenters. The first-order valence-electron chi connectivity index (χ1n) is 7.45. The Hall–Kier alpha value is -1.35. The third-order valence-electron chi connectivity index (χ3n) is 4.06. The monoisotopic (exact) mass is 301 g/mol. The highest BCUT2D eigenvalue weighted by Gasteiger charge is 2.23. The fraction of sp³-hybridized carbons (Fsp3) is 0.333. The fourth-order valence-corrected chi connectivity index (χ4v) is 3.03. The lowest BCUT2D eigenvalue weighted by Crippen LogP contribution is -2.32. The molecule has 0 aliphatic carbocycles. The van der Waals surface area contributed by atoms with Crippen LogP contribution >= 0.6 is 11.6 Å². The van der Waals surface area contributed by atoms with Gasteiger partial charge in [0.25, 0.3) is 0 Å². The van der Waals surface area contributed by atoms with E-state index in [4.69, 9.17) is 16.3 Å². The normalized spacial score (nSPS) is 19.0. The highest BCUT2D eigenvalue weighted by atomic mass is 35.5. The van der Waals surface area contributed by atoms with E-state index in [0.717, 1.165) is 18.1 Å². The number of nitrogens with one attached hydrogen (secondary N) is 1. The van der Waals surface area contributed by atoms with Gasteiger partial charge in [-0.3, -0.25) is 0 Å². The number of hydrogen-bond donors (Lipinski definition) is 1. The highest BCUT2D eigenvalue weighted by Crippen LogP contribution is 2.28. The molecule has 1 heterocycles. The zero-order valence-corrected chi connectivity index (χ0v) is 12.9. The lowest BCUT2D eigenvalue weighted by Gasteiger charge is -2.30. The van der Waals surface area contributed by atoms with Crippen LogP contribution in [0.2, 0.25) is 5.02 Å². The second-order valence-electron chi connectivity index (χ2n) is 5.45. The lowest BCUT2D eigenvalue weighted by atomic mass is 9.96. The Morgan fingerprint density at radius 1 is 1.19 bits per heavy atom. The van der Waals surface area contributed by atoms with E-state index in [-0.39, 0.29) is 6.04 Å². The summed E-state index contributed by atoms with van der Waals surface area (Å²) in [5.74, 6) is 0. The maximum atomic E-state index is 5.98.